The Kier molecular flexibility index (Phi) is 6.04. The number of esters is 1. The van der Waals surface area contributed by atoms with Gasteiger partial charge in [-0.3, -0.25) is 14.0 Å². The predicted molar refractivity (Wildman–Crippen MR) is 87.1 cm³/mol. The third kappa shape index (κ3) is 4.89. The maximum atomic E-state index is 11.8. The zero-order valence-electron chi connectivity index (χ0n) is 12.7. The Morgan fingerprint density at radius 2 is 2.08 bits per heavy atom. The number of aromatic nitrogens is 2. The smallest absolute Gasteiger partial charge is 0.345 e. The Morgan fingerprint density at radius 3 is 2.67 bits per heavy atom. The summed E-state index contributed by atoms with van der Waals surface area (Å²) in [6, 6.07) is 6.64. The summed E-state index contributed by atoms with van der Waals surface area (Å²) in [5.41, 5.74) is 0.526. The Labute approximate surface area is 139 Å². The molecule has 9 nitrogen and oxygen atoms in total. The number of rotatable bonds is 7. The van der Waals surface area contributed by atoms with Crippen molar-refractivity contribution in [1.29, 1.82) is 0 Å². The molecule has 2 aromatic rings. The van der Waals surface area contributed by atoms with Gasteiger partial charge in [0.2, 0.25) is 5.95 Å². The quantitative estimate of drug-likeness (QED) is 0.495. The molecule has 1 aromatic heterocycles. The Morgan fingerprint density at radius 1 is 1.38 bits per heavy atom. The molecule has 1 aromatic carbocycles. The van der Waals surface area contributed by atoms with Gasteiger partial charge in [0.25, 0.3) is 5.56 Å². The average Bonchev–Trinajstić information content (AvgIpc) is 2.54. The first-order valence-corrected chi connectivity index (χ1v) is 8.02. The molecular formula is C14H15N4O5S-. The Bertz CT molecular complexity index is 790. The molecule has 0 fully saturated rings. The summed E-state index contributed by atoms with van der Waals surface area (Å²) in [4.78, 5) is 29.7. The van der Waals surface area contributed by atoms with Gasteiger partial charge in [0.05, 0.1) is 12.8 Å². The summed E-state index contributed by atoms with van der Waals surface area (Å²) in [6.07, 6.45) is 1.15. The number of carbonyl (C=O) groups excluding carboxylic acids is 1. The third-order valence-electron chi connectivity index (χ3n) is 2.91. The number of nitrogens with zero attached hydrogens (tertiary/aromatic N) is 1. The van der Waals surface area contributed by atoms with Gasteiger partial charge in [-0.25, -0.2) is 9.78 Å². The van der Waals surface area contributed by atoms with Gasteiger partial charge in [0, 0.05) is 23.5 Å². The fourth-order valence-corrected chi connectivity index (χ4v) is 2.14. The molecule has 1 heterocycles. The van der Waals surface area contributed by atoms with Crippen molar-refractivity contribution in [2.24, 2.45) is 0 Å². The van der Waals surface area contributed by atoms with Crippen LogP contribution in [0.2, 0.25) is 0 Å². The van der Waals surface area contributed by atoms with E-state index in [2.05, 4.69) is 20.0 Å². The van der Waals surface area contributed by atoms with Gasteiger partial charge in [0.15, 0.2) is 0 Å². The van der Waals surface area contributed by atoms with Crippen LogP contribution < -0.4 is 15.6 Å². The van der Waals surface area contributed by atoms with Gasteiger partial charge >= 0.3 is 5.97 Å². The molecule has 0 bridgehead atoms. The summed E-state index contributed by atoms with van der Waals surface area (Å²) in [7, 11) is 0. The number of H-pyrrole nitrogens is 1. The normalized spacial score (nSPS) is 11.6. The fraction of sp³-hybridized carbons (Fsp3) is 0.214. The summed E-state index contributed by atoms with van der Waals surface area (Å²) < 4.78 is 28.0. The average molecular weight is 351 g/mol. The molecule has 1 atom stereocenters. The minimum Gasteiger partial charge on any atom is -0.755 e. The number of nitrogens with one attached hydrogen (secondary N) is 3. The highest BCUT2D eigenvalue weighted by molar-refractivity contribution is 7.80. The van der Waals surface area contributed by atoms with Crippen molar-refractivity contribution in [1.82, 2.24) is 9.97 Å². The first kappa shape index (κ1) is 17.6. The minimum atomic E-state index is -2.37. The largest absolute Gasteiger partial charge is 0.755 e. The third-order valence-corrected chi connectivity index (χ3v) is 3.31. The highest BCUT2D eigenvalue weighted by Gasteiger charge is 2.12. The van der Waals surface area contributed by atoms with E-state index in [1.165, 1.54) is 0 Å². The molecule has 0 amide bonds. The standard InChI is InChI=1S/C14H16N4O5S/c1-2-23-13(20)11-8-16-14(17-12(11)19)15-7-9-3-5-10(6-4-9)18-24(21)22/h3-6,8,18H,2,7H2,1H3,(H,21,22)(H2,15,16,17,19)/p-1. The van der Waals surface area contributed by atoms with Crippen LogP contribution in [0.1, 0.15) is 22.8 Å². The van der Waals surface area contributed by atoms with Crippen LogP contribution in [0.5, 0.6) is 0 Å². The zero-order valence-corrected chi connectivity index (χ0v) is 13.5. The first-order chi connectivity index (χ1) is 11.5. The topological polar surface area (TPSA) is 136 Å². The SMILES string of the molecule is CCOC(=O)c1cnc(NCc2ccc(NS(=O)[O-])cc2)[nH]c1=O. The second-order valence-corrected chi connectivity index (χ2v) is 5.26. The number of anilines is 2. The van der Waals surface area contributed by atoms with E-state index in [9.17, 15) is 18.4 Å². The van der Waals surface area contributed by atoms with Crippen LogP contribution in [-0.2, 0) is 22.5 Å². The lowest BCUT2D eigenvalue weighted by atomic mass is 10.2. The Balaban J connectivity index is 1.99. The molecule has 2 rings (SSSR count). The fourth-order valence-electron chi connectivity index (χ4n) is 1.81. The highest BCUT2D eigenvalue weighted by atomic mass is 32.2. The number of hydrogen-bond donors (Lipinski definition) is 3. The van der Waals surface area contributed by atoms with Gasteiger partial charge in [0.1, 0.15) is 5.56 Å². The summed E-state index contributed by atoms with van der Waals surface area (Å²) >= 11 is -2.37. The predicted octanol–water partition coefficient (Wildman–Crippen LogP) is 0.765. The highest BCUT2D eigenvalue weighted by Crippen LogP contribution is 2.11. The van der Waals surface area contributed by atoms with Crippen LogP contribution in [0.3, 0.4) is 0 Å². The van der Waals surface area contributed by atoms with Crippen LogP contribution in [0, 0.1) is 0 Å². The molecule has 10 heteroatoms. The maximum Gasteiger partial charge on any atom is 0.345 e. The van der Waals surface area contributed by atoms with Crippen LogP contribution in [-0.4, -0.2) is 31.3 Å². The van der Waals surface area contributed by atoms with E-state index >= 15 is 0 Å². The molecule has 0 saturated heterocycles. The van der Waals surface area contributed by atoms with Crippen molar-refractivity contribution >= 4 is 28.9 Å². The summed E-state index contributed by atoms with van der Waals surface area (Å²) in [5, 5.41) is 2.90. The Hall–Kier alpha value is -2.72. The monoisotopic (exact) mass is 351 g/mol. The maximum absolute atomic E-state index is 11.8. The van der Waals surface area contributed by atoms with Crippen molar-refractivity contribution < 1.29 is 18.3 Å². The molecule has 0 aliphatic carbocycles. The van der Waals surface area contributed by atoms with Gasteiger partial charge in [-0.15, -0.1) is 0 Å². The first-order valence-electron chi connectivity index (χ1n) is 6.94. The van der Waals surface area contributed by atoms with E-state index in [4.69, 9.17) is 4.74 Å². The van der Waals surface area contributed by atoms with Crippen molar-refractivity contribution in [3.05, 3.63) is 51.9 Å². The molecule has 0 saturated carbocycles. The number of ether oxygens (including phenoxy) is 1. The molecule has 0 radical (unpaired) electrons. The van der Waals surface area contributed by atoms with E-state index in [1.54, 1.807) is 31.2 Å². The molecular weight excluding hydrogens is 336 g/mol. The lowest BCUT2D eigenvalue weighted by Crippen LogP contribution is -2.22. The van der Waals surface area contributed by atoms with Crippen molar-refractivity contribution in [3.8, 4) is 0 Å². The molecule has 24 heavy (non-hydrogen) atoms. The van der Waals surface area contributed by atoms with Gasteiger partial charge in [-0.05, 0) is 24.6 Å². The van der Waals surface area contributed by atoms with E-state index in [0.717, 1.165) is 11.8 Å². The molecule has 3 N–H and O–H groups in total. The van der Waals surface area contributed by atoms with Crippen LogP contribution in [0.15, 0.2) is 35.3 Å². The minimum absolute atomic E-state index is 0.163. The number of carbonyl (C=O) groups is 1. The lowest BCUT2D eigenvalue weighted by molar-refractivity contribution is 0.0523. The summed E-state index contributed by atoms with van der Waals surface area (Å²) in [6.45, 7) is 2.16. The summed E-state index contributed by atoms with van der Waals surface area (Å²) in [5.74, 6) is -0.521. The van der Waals surface area contributed by atoms with E-state index in [1.807, 2.05) is 0 Å². The molecule has 0 spiro atoms. The molecule has 128 valence electrons. The van der Waals surface area contributed by atoms with Crippen molar-refractivity contribution in [2.75, 3.05) is 16.6 Å². The van der Waals surface area contributed by atoms with Gasteiger partial charge in [-0.1, -0.05) is 12.1 Å². The van der Waals surface area contributed by atoms with Crippen molar-refractivity contribution in [2.45, 2.75) is 13.5 Å². The zero-order chi connectivity index (χ0) is 17.5. The second-order valence-electron chi connectivity index (χ2n) is 4.58. The van der Waals surface area contributed by atoms with E-state index in [0.29, 0.717) is 12.2 Å². The van der Waals surface area contributed by atoms with Crippen LogP contribution >= 0.6 is 0 Å². The van der Waals surface area contributed by atoms with Gasteiger partial charge < -0.3 is 19.3 Å². The van der Waals surface area contributed by atoms with E-state index in [-0.39, 0.29) is 18.1 Å². The number of benzene rings is 1. The second kappa shape index (κ2) is 8.22. The number of aromatic amines is 1. The molecule has 0 aliphatic rings. The van der Waals surface area contributed by atoms with Crippen LogP contribution in [0.4, 0.5) is 11.6 Å². The van der Waals surface area contributed by atoms with E-state index < -0.39 is 22.8 Å². The lowest BCUT2D eigenvalue weighted by Gasteiger charge is -2.10. The van der Waals surface area contributed by atoms with Gasteiger partial charge in [-0.2, -0.15) is 0 Å². The molecule has 1 unspecified atom stereocenters. The van der Waals surface area contributed by atoms with Crippen molar-refractivity contribution in [3.63, 3.8) is 0 Å². The molecule has 0 aliphatic heterocycles. The van der Waals surface area contributed by atoms with Crippen LogP contribution in [0.25, 0.3) is 0 Å². The number of hydrogen-bond acceptors (Lipinski definition) is 7.